The van der Waals surface area contributed by atoms with E-state index in [4.69, 9.17) is 12.2 Å². The number of nitrogens with one attached hydrogen (secondary N) is 2. The van der Waals surface area contributed by atoms with Gasteiger partial charge in [-0.2, -0.15) is 0 Å². The lowest BCUT2D eigenvalue weighted by molar-refractivity contribution is -0.255. The Morgan fingerprint density at radius 2 is 2.31 bits per heavy atom. The molecule has 1 rings (SSSR count). The molecule has 0 saturated carbocycles. The molecule has 2 N–H and O–H groups in total. The van der Waals surface area contributed by atoms with Crippen LogP contribution in [0.5, 0.6) is 0 Å². The van der Waals surface area contributed by atoms with Gasteiger partial charge in [0.1, 0.15) is 0 Å². The lowest BCUT2D eigenvalue weighted by atomic mass is 10.2. The summed E-state index contributed by atoms with van der Waals surface area (Å²) in [7, 11) is 0. The topological polar surface area (TPSA) is 64.2 Å². The highest BCUT2D eigenvalue weighted by atomic mass is 32.1. The van der Waals surface area contributed by atoms with Crippen molar-refractivity contribution < 1.29 is 9.90 Å². The van der Waals surface area contributed by atoms with Gasteiger partial charge >= 0.3 is 0 Å². The van der Waals surface area contributed by atoms with Crippen LogP contribution in [-0.4, -0.2) is 17.6 Å². The average Bonchev–Trinajstić information content (AvgIpc) is 2.26. The summed E-state index contributed by atoms with van der Waals surface area (Å²) in [6.45, 7) is 4.09. The Morgan fingerprint density at radius 1 is 1.56 bits per heavy atom. The molecule has 16 heavy (non-hydrogen) atoms. The molecule has 0 heterocycles. The molecule has 5 heteroatoms. The molecule has 0 spiro atoms. The molecule has 4 nitrogen and oxygen atoms in total. The number of benzene rings is 1. The van der Waals surface area contributed by atoms with Crippen molar-refractivity contribution in [3.63, 3.8) is 0 Å². The van der Waals surface area contributed by atoms with Gasteiger partial charge in [-0.1, -0.05) is 18.2 Å². The molecule has 1 aromatic rings. The Hall–Kier alpha value is -1.88. The molecule has 0 radical (unpaired) electrons. The van der Waals surface area contributed by atoms with Crippen LogP contribution >= 0.6 is 12.2 Å². The van der Waals surface area contributed by atoms with E-state index in [2.05, 4.69) is 17.2 Å². The molecular formula is C11H11N2O2S-. The minimum atomic E-state index is -1.21. The highest BCUT2D eigenvalue weighted by Crippen LogP contribution is 2.09. The van der Waals surface area contributed by atoms with Crippen LogP contribution in [0, 0.1) is 0 Å². The molecule has 0 fully saturated rings. The van der Waals surface area contributed by atoms with Crippen molar-refractivity contribution >= 4 is 29.0 Å². The molecule has 0 amide bonds. The predicted octanol–water partition coefficient (Wildman–Crippen LogP) is 0.522. The van der Waals surface area contributed by atoms with E-state index < -0.39 is 5.97 Å². The maximum Gasteiger partial charge on any atom is 0.171 e. The van der Waals surface area contributed by atoms with Crippen molar-refractivity contribution in [2.24, 2.45) is 0 Å². The van der Waals surface area contributed by atoms with E-state index in [1.807, 2.05) is 0 Å². The summed E-state index contributed by atoms with van der Waals surface area (Å²) in [4.78, 5) is 10.6. The third-order valence-electron chi connectivity index (χ3n) is 1.76. The smallest absolute Gasteiger partial charge is 0.171 e. The Balaban J connectivity index is 2.66. The number of carbonyl (C=O) groups is 1. The number of carboxylic acids is 1. The van der Waals surface area contributed by atoms with E-state index >= 15 is 0 Å². The molecule has 0 unspecified atom stereocenters. The Kier molecular flexibility index (Phi) is 4.47. The van der Waals surface area contributed by atoms with Gasteiger partial charge in [0.25, 0.3) is 0 Å². The Bertz CT molecular complexity index is 418. The Morgan fingerprint density at radius 3 is 2.94 bits per heavy atom. The third kappa shape index (κ3) is 3.70. The lowest BCUT2D eigenvalue weighted by Crippen LogP contribution is -2.28. The first-order valence-electron chi connectivity index (χ1n) is 4.60. The van der Waals surface area contributed by atoms with Gasteiger partial charge < -0.3 is 20.5 Å². The van der Waals surface area contributed by atoms with Crippen molar-refractivity contribution in [3.05, 3.63) is 42.5 Å². The maximum absolute atomic E-state index is 10.6. The fourth-order valence-electron chi connectivity index (χ4n) is 1.06. The summed E-state index contributed by atoms with van der Waals surface area (Å²) in [5.41, 5.74) is 0.708. The second-order valence-electron chi connectivity index (χ2n) is 2.99. The number of anilines is 1. The van der Waals surface area contributed by atoms with Crippen LogP contribution in [0.1, 0.15) is 10.4 Å². The summed E-state index contributed by atoms with van der Waals surface area (Å²) in [5, 5.41) is 16.7. The number of carboxylic acid groups (broad SMARTS) is 1. The van der Waals surface area contributed by atoms with Crippen LogP contribution in [0.25, 0.3) is 0 Å². The first kappa shape index (κ1) is 12.2. The molecule has 84 valence electrons. The van der Waals surface area contributed by atoms with Crippen molar-refractivity contribution in [1.82, 2.24) is 5.32 Å². The zero-order chi connectivity index (χ0) is 12.0. The maximum atomic E-state index is 10.6. The molecule has 0 atom stereocenters. The molecule has 0 aliphatic carbocycles. The highest BCUT2D eigenvalue weighted by Gasteiger charge is 1.98. The van der Waals surface area contributed by atoms with Crippen molar-refractivity contribution in [1.29, 1.82) is 0 Å². The SMILES string of the molecule is C=CCNC(=S)Nc1cccc(C(=O)[O-])c1. The van der Waals surface area contributed by atoms with E-state index in [9.17, 15) is 9.90 Å². The summed E-state index contributed by atoms with van der Waals surface area (Å²) in [6, 6.07) is 6.25. The van der Waals surface area contributed by atoms with E-state index in [1.54, 1.807) is 18.2 Å². The van der Waals surface area contributed by atoms with Gasteiger partial charge in [0, 0.05) is 12.2 Å². The second-order valence-corrected chi connectivity index (χ2v) is 3.40. The first-order chi connectivity index (χ1) is 7.63. The summed E-state index contributed by atoms with van der Waals surface area (Å²) in [5.74, 6) is -1.21. The van der Waals surface area contributed by atoms with Gasteiger partial charge in [0.05, 0.1) is 5.97 Å². The molecule has 0 aromatic heterocycles. The number of hydrogen-bond donors (Lipinski definition) is 2. The average molecular weight is 235 g/mol. The predicted molar refractivity (Wildman–Crippen MR) is 65.2 cm³/mol. The molecular weight excluding hydrogens is 224 g/mol. The molecule has 0 aliphatic rings. The van der Waals surface area contributed by atoms with Gasteiger partial charge in [0.15, 0.2) is 5.11 Å². The van der Waals surface area contributed by atoms with Crippen LogP contribution in [0.15, 0.2) is 36.9 Å². The van der Waals surface area contributed by atoms with Crippen LogP contribution < -0.4 is 15.7 Å². The minimum Gasteiger partial charge on any atom is -0.545 e. The van der Waals surface area contributed by atoms with Gasteiger partial charge in [-0.15, -0.1) is 6.58 Å². The number of carbonyl (C=O) groups excluding carboxylic acids is 1. The fraction of sp³-hybridized carbons (Fsp3) is 0.0909. The van der Waals surface area contributed by atoms with Crippen LogP contribution in [-0.2, 0) is 0 Å². The van der Waals surface area contributed by atoms with E-state index in [0.717, 1.165) is 0 Å². The van der Waals surface area contributed by atoms with Crippen LogP contribution in [0.2, 0.25) is 0 Å². The summed E-state index contributed by atoms with van der Waals surface area (Å²) < 4.78 is 0. The van der Waals surface area contributed by atoms with Crippen molar-refractivity contribution in [2.75, 3.05) is 11.9 Å². The highest BCUT2D eigenvalue weighted by molar-refractivity contribution is 7.80. The zero-order valence-electron chi connectivity index (χ0n) is 8.53. The summed E-state index contributed by atoms with van der Waals surface area (Å²) in [6.07, 6.45) is 1.67. The van der Waals surface area contributed by atoms with E-state index in [0.29, 0.717) is 17.3 Å². The van der Waals surface area contributed by atoms with Crippen LogP contribution in [0.3, 0.4) is 0 Å². The largest absolute Gasteiger partial charge is 0.545 e. The van der Waals surface area contributed by atoms with Crippen molar-refractivity contribution in [2.45, 2.75) is 0 Å². The first-order valence-corrected chi connectivity index (χ1v) is 5.01. The molecule has 0 bridgehead atoms. The zero-order valence-corrected chi connectivity index (χ0v) is 9.34. The number of thiocarbonyl (C=S) groups is 1. The van der Waals surface area contributed by atoms with E-state index in [1.165, 1.54) is 12.1 Å². The fourth-order valence-corrected chi connectivity index (χ4v) is 1.27. The minimum absolute atomic E-state index is 0.108. The normalized spacial score (nSPS) is 9.25. The molecule has 1 aromatic carbocycles. The van der Waals surface area contributed by atoms with Gasteiger partial charge in [-0.25, -0.2) is 0 Å². The van der Waals surface area contributed by atoms with Crippen LogP contribution in [0.4, 0.5) is 5.69 Å². The molecule has 0 aliphatic heterocycles. The Labute approximate surface area is 99.0 Å². The monoisotopic (exact) mass is 235 g/mol. The standard InChI is InChI=1S/C11H12N2O2S/c1-2-6-12-11(16)13-9-5-3-4-8(7-9)10(14)15/h2-5,7H,1,6H2,(H,14,15)(H2,12,13,16)/p-1. The lowest BCUT2D eigenvalue weighted by Gasteiger charge is -2.10. The second kappa shape index (κ2) is 5.87. The van der Waals surface area contributed by atoms with E-state index in [-0.39, 0.29) is 5.56 Å². The van der Waals surface area contributed by atoms with Gasteiger partial charge in [-0.05, 0) is 29.9 Å². The van der Waals surface area contributed by atoms with Crippen molar-refractivity contribution in [3.8, 4) is 0 Å². The number of aromatic carboxylic acids is 1. The third-order valence-corrected chi connectivity index (χ3v) is 2.01. The number of rotatable bonds is 4. The number of hydrogen-bond acceptors (Lipinski definition) is 3. The quantitative estimate of drug-likeness (QED) is 0.588. The summed E-state index contributed by atoms with van der Waals surface area (Å²) >= 11 is 4.98. The van der Waals surface area contributed by atoms with Gasteiger partial charge in [-0.3, -0.25) is 0 Å². The van der Waals surface area contributed by atoms with Gasteiger partial charge in [0.2, 0.25) is 0 Å². The molecule has 0 saturated heterocycles.